The number of hydrogen-bond donors (Lipinski definition) is 1. The lowest BCUT2D eigenvalue weighted by Crippen LogP contribution is -2.27. The Balaban J connectivity index is 1.52. The first-order valence-corrected chi connectivity index (χ1v) is 8.27. The van der Waals surface area contributed by atoms with Crippen molar-refractivity contribution in [1.29, 1.82) is 0 Å². The second-order valence-electron chi connectivity index (χ2n) is 5.04. The van der Waals surface area contributed by atoms with E-state index in [-0.39, 0.29) is 18.0 Å². The first-order valence-electron chi connectivity index (χ1n) is 7.33. The van der Waals surface area contributed by atoms with Crippen LogP contribution in [0.4, 0.5) is 0 Å². The predicted octanol–water partition coefficient (Wildman–Crippen LogP) is 2.37. The fourth-order valence-electron chi connectivity index (χ4n) is 2.13. The fourth-order valence-corrected chi connectivity index (χ4v) is 2.76. The summed E-state index contributed by atoms with van der Waals surface area (Å²) in [6, 6.07) is 1.78. The van der Waals surface area contributed by atoms with Crippen LogP contribution in [0.2, 0.25) is 0 Å². The molecule has 6 heteroatoms. The number of esters is 1. The van der Waals surface area contributed by atoms with Crippen molar-refractivity contribution in [3.05, 3.63) is 22.4 Å². The number of hydrogen-bond acceptors (Lipinski definition) is 5. The van der Waals surface area contributed by atoms with E-state index in [1.54, 1.807) is 11.4 Å². The van der Waals surface area contributed by atoms with Crippen molar-refractivity contribution in [2.45, 2.75) is 38.2 Å². The zero-order valence-corrected chi connectivity index (χ0v) is 12.8. The lowest BCUT2D eigenvalue weighted by molar-refractivity contribution is -0.149. The highest BCUT2D eigenvalue weighted by Gasteiger charge is 2.15. The van der Waals surface area contributed by atoms with Gasteiger partial charge in [0.2, 0.25) is 0 Å². The van der Waals surface area contributed by atoms with E-state index >= 15 is 0 Å². The maximum Gasteiger partial charge on any atom is 0.305 e. The Bertz CT molecular complexity index is 441. The molecule has 1 N–H and O–H groups in total. The van der Waals surface area contributed by atoms with E-state index in [0.717, 1.165) is 25.9 Å². The van der Waals surface area contributed by atoms with Crippen LogP contribution in [-0.2, 0) is 14.3 Å². The van der Waals surface area contributed by atoms with Gasteiger partial charge in [-0.25, -0.2) is 0 Å². The van der Waals surface area contributed by atoms with Crippen molar-refractivity contribution in [2.24, 2.45) is 0 Å². The molecule has 0 spiro atoms. The molecule has 1 amide bonds. The zero-order chi connectivity index (χ0) is 14.9. The summed E-state index contributed by atoms with van der Waals surface area (Å²) in [6.07, 6.45) is 4.15. The van der Waals surface area contributed by atoms with Crippen LogP contribution in [0.15, 0.2) is 16.8 Å². The van der Waals surface area contributed by atoms with E-state index in [1.807, 2.05) is 5.38 Å². The molecule has 1 aromatic rings. The van der Waals surface area contributed by atoms with E-state index < -0.39 is 0 Å². The summed E-state index contributed by atoms with van der Waals surface area (Å²) in [6.45, 7) is 1.58. The lowest BCUT2D eigenvalue weighted by Gasteiger charge is -2.22. The summed E-state index contributed by atoms with van der Waals surface area (Å²) in [5.74, 6) is -0.325. The van der Waals surface area contributed by atoms with Gasteiger partial charge in [-0.3, -0.25) is 9.59 Å². The van der Waals surface area contributed by atoms with Gasteiger partial charge >= 0.3 is 5.97 Å². The van der Waals surface area contributed by atoms with Crippen molar-refractivity contribution in [3.8, 4) is 0 Å². The van der Waals surface area contributed by atoms with Gasteiger partial charge in [0.05, 0.1) is 6.10 Å². The van der Waals surface area contributed by atoms with Gasteiger partial charge in [-0.15, -0.1) is 0 Å². The van der Waals surface area contributed by atoms with E-state index in [9.17, 15) is 9.59 Å². The largest absolute Gasteiger partial charge is 0.463 e. The van der Waals surface area contributed by atoms with Crippen LogP contribution in [0, 0.1) is 0 Å². The smallest absolute Gasteiger partial charge is 0.305 e. The summed E-state index contributed by atoms with van der Waals surface area (Å²) in [4.78, 5) is 23.2. The van der Waals surface area contributed by atoms with Crippen LogP contribution >= 0.6 is 11.3 Å². The van der Waals surface area contributed by atoms with Crippen LogP contribution < -0.4 is 5.32 Å². The van der Waals surface area contributed by atoms with Crippen molar-refractivity contribution < 1.29 is 19.1 Å². The molecule has 1 aliphatic rings. The van der Waals surface area contributed by atoms with E-state index in [2.05, 4.69) is 5.32 Å². The summed E-state index contributed by atoms with van der Waals surface area (Å²) in [5, 5.41) is 6.44. The van der Waals surface area contributed by atoms with Gasteiger partial charge in [0.1, 0.15) is 6.61 Å². The van der Waals surface area contributed by atoms with Crippen LogP contribution in [-0.4, -0.2) is 37.7 Å². The van der Waals surface area contributed by atoms with Gasteiger partial charge in [0.15, 0.2) is 0 Å². The van der Waals surface area contributed by atoms with Crippen LogP contribution in [0.25, 0.3) is 0 Å². The Kier molecular flexibility index (Phi) is 6.69. The summed E-state index contributed by atoms with van der Waals surface area (Å²) >= 11 is 1.49. The topological polar surface area (TPSA) is 64.6 Å². The predicted molar refractivity (Wildman–Crippen MR) is 80.4 cm³/mol. The molecular formula is C15H21NO4S. The number of rotatable bonds is 7. The maximum absolute atomic E-state index is 11.6. The number of carbonyl (C=O) groups excluding carboxylic acids is 2. The third-order valence-corrected chi connectivity index (χ3v) is 4.01. The number of ether oxygens (including phenoxy) is 2. The standard InChI is InChI=1S/C15H21NO4S/c17-14(20-10-13-4-1-2-8-19-13)5-3-7-16-15(18)12-6-9-21-11-12/h6,9,11,13H,1-5,7-8,10H2,(H,16,18). The molecule has 1 unspecified atom stereocenters. The van der Waals surface area contributed by atoms with Crippen molar-refractivity contribution in [3.63, 3.8) is 0 Å². The molecule has 0 aromatic carbocycles. The van der Waals surface area contributed by atoms with Gasteiger partial charge in [0.25, 0.3) is 5.91 Å². The van der Waals surface area contributed by atoms with E-state index in [0.29, 0.717) is 31.6 Å². The molecule has 21 heavy (non-hydrogen) atoms. The van der Waals surface area contributed by atoms with Gasteiger partial charge < -0.3 is 14.8 Å². The Labute approximate surface area is 128 Å². The molecule has 0 saturated carbocycles. The highest BCUT2D eigenvalue weighted by Crippen LogP contribution is 2.13. The molecule has 0 aliphatic carbocycles. The molecule has 0 bridgehead atoms. The molecule has 116 valence electrons. The number of carbonyl (C=O) groups is 2. The third-order valence-electron chi connectivity index (χ3n) is 3.33. The average molecular weight is 311 g/mol. The molecule has 1 aliphatic heterocycles. The second kappa shape index (κ2) is 8.79. The molecule has 0 radical (unpaired) electrons. The normalized spacial score (nSPS) is 18.2. The fraction of sp³-hybridized carbons (Fsp3) is 0.600. The SMILES string of the molecule is O=C(CCCNC(=O)c1ccsc1)OCC1CCCCO1. The Morgan fingerprint density at radius 1 is 1.43 bits per heavy atom. The Hall–Kier alpha value is -1.40. The first kappa shape index (κ1) is 16.0. The molecule has 1 aromatic heterocycles. The molecule has 1 fully saturated rings. The number of thiophene rings is 1. The molecule has 2 rings (SSSR count). The van der Waals surface area contributed by atoms with Crippen LogP contribution in [0.5, 0.6) is 0 Å². The lowest BCUT2D eigenvalue weighted by atomic mass is 10.1. The molecular weight excluding hydrogens is 290 g/mol. The van der Waals surface area contributed by atoms with Gasteiger partial charge in [-0.1, -0.05) is 0 Å². The minimum atomic E-state index is -0.228. The van der Waals surface area contributed by atoms with Gasteiger partial charge in [0, 0.05) is 30.5 Å². The number of nitrogens with one attached hydrogen (secondary N) is 1. The van der Waals surface area contributed by atoms with E-state index in [4.69, 9.17) is 9.47 Å². The Morgan fingerprint density at radius 3 is 3.05 bits per heavy atom. The molecule has 5 nitrogen and oxygen atoms in total. The molecule has 2 heterocycles. The summed E-state index contributed by atoms with van der Waals surface area (Å²) < 4.78 is 10.7. The zero-order valence-electron chi connectivity index (χ0n) is 12.0. The van der Waals surface area contributed by atoms with Crippen molar-refractivity contribution in [1.82, 2.24) is 5.32 Å². The van der Waals surface area contributed by atoms with Gasteiger partial charge in [-0.2, -0.15) is 11.3 Å². The highest BCUT2D eigenvalue weighted by atomic mass is 32.1. The van der Waals surface area contributed by atoms with Crippen LogP contribution in [0.1, 0.15) is 42.5 Å². The minimum absolute atomic E-state index is 0.0565. The second-order valence-corrected chi connectivity index (χ2v) is 5.82. The van der Waals surface area contributed by atoms with Crippen molar-refractivity contribution >= 4 is 23.2 Å². The summed E-state index contributed by atoms with van der Waals surface area (Å²) in [5.41, 5.74) is 0.664. The molecule has 1 saturated heterocycles. The molecule has 1 atom stereocenters. The quantitative estimate of drug-likeness (QED) is 0.620. The average Bonchev–Trinajstić information content (AvgIpc) is 3.05. The first-order chi connectivity index (χ1) is 10.3. The van der Waals surface area contributed by atoms with Gasteiger partial charge in [-0.05, 0) is 37.1 Å². The van der Waals surface area contributed by atoms with E-state index in [1.165, 1.54) is 11.3 Å². The van der Waals surface area contributed by atoms with Crippen LogP contribution in [0.3, 0.4) is 0 Å². The maximum atomic E-state index is 11.6. The minimum Gasteiger partial charge on any atom is -0.463 e. The number of amides is 1. The third kappa shape index (κ3) is 5.85. The Morgan fingerprint density at radius 2 is 2.33 bits per heavy atom. The monoisotopic (exact) mass is 311 g/mol. The van der Waals surface area contributed by atoms with Crippen molar-refractivity contribution in [2.75, 3.05) is 19.8 Å². The summed E-state index contributed by atoms with van der Waals surface area (Å²) in [7, 11) is 0. The highest BCUT2D eigenvalue weighted by molar-refractivity contribution is 7.08.